The van der Waals surface area contributed by atoms with Crippen LogP contribution in [0.1, 0.15) is 12.8 Å². The van der Waals surface area contributed by atoms with Crippen LogP contribution in [0.3, 0.4) is 0 Å². The molecule has 2 amide bonds. The molecule has 0 saturated heterocycles. The zero-order valence-corrected chi connectivity index (χ0v) is 20.2. The Morgan fingerprint density at radius 2 is 1.50 bits per heavy atom. The van der Waals surface area contributed by atoms with E-state index in [9.17, 15) is 19.5 Å². The average molecular weight is 503 g/mol. The number of benzene rings is 3. The van der Waals surface area contributed by atoms with Crippen molar-refractivity contribution in [1.82, 2.24) is 0 Å². The fraction of sp³-hybridized carbons (Fsp3) is 0.179. The van der Waals surface area contributed by atoms with E-state index in [1.165, 1.54) is 11.8 Å². The second-order valence-corrected chi connectivity index (χ2v) is 9.34. The van der Waals surface area contributed by atoms with Crippen LogP contribution in [0, 0.1) is 11.8 Å². The Hall–Kier alpha value is -4.04. The van der Waals surface area contributed by atoms with E-state index in [0.717, 1.165) is 10.6 Å². The number of nitrogens with one attached hydrogen (secondary N) is 2. The number of allylic oxidation sites excluding steroid dienone is 2. The Morgan fingerprint density at radius 1 is 0.806 bits per heavy atom. The summed E-state index contributed by atoms with van der Waals surface area (Å²) < 4.78 is 5.76. The van der Waals surface area contributed by atoms with Crippen LogP contribution >= 0.6 is 11.8 Å². The third-order valence-corrected chi connectivity index (χ3v) is 6.67. The van der Waals surface area contributed by atoms with Gasteiger partial charge < -0.3 is 20.5 Å². The Morgan fingerprint density at radius 3 is 2.22 bits per heavy atom. The molecular formula is C28H26N2O5S. The molecule has 7 nitrogen and oxygen atoms in total. The molecule has 0 aliphatic heterocycles. The largest absolute Gasteiger partial charge is 0.481 e. The van der Waals surface area contributed by atoms with Gasteiger partial charge in [-0.2, -0.15) is 0 Å². The first kappa shape index (κ1) is 25.1. The molecule has 0 aromatic heterocycles. The highest BCUT2D eigenvalue weighted by Crippen LogP contribution is 2.28. The van der Waals surface area contributed by atoms with Crippen LogP contribution in [0.2, 0.25) is 0 Å². The molecule has 184 valence electrons. The van der Waals surface area contributed by atoms with E-state index < -0.39 is 17.8 Å². The number of hydrogen-bond acceptors (Lipinski definition) is 5. The normalized spacial score (nSPS) is 16.7. The number of carbonyl (C=O) groups excluding carboxylic acids is 2. The number of hydrogen-bond donors (Lipinski definition) is 3. The number of aliphatic carboxylic acids is 1. The van der Waals surface area contributed by atoms with Crippen LogP contribution in [0.4, 0.5) is 11.4 Å². The summed E-state index contributed by atoms with van der Waals surface area (Å²) in [4.78, 5) is 37.4. The zero-order chi connectivity index (χ0) is 25.3. The number of carboxylic acids is 1. The third kappa shape index (κ3) is 6.99. The van der Waals surface area contributed by atoms with Gasteiger partial charge in [0.15, 0.2) is 0 Å². The maximum atomic E-state index is 12.7. The summed E-state index contributed by atoms with van der Waals surface area (Å²) in [7, 11) is 0. The molecule has 4 rings (SSSR count). The van der Waals surface area contributed by atoms with Crippen LogP contribution in [-0.4, -0.2) is 28.6 Å². The minimum atomic E-state index is -0.965. The highest BCUT2D eigenvalue weighted by molar-refractivity contribution is 8.00. The monoisotopic (exact) mass is 502 g/mol. The van der Waals surface area contributed by atoms with Gasteiger partial charge in [0, 0.05) is 16.3 Å². The summed E-state index contributed by atoms with van der Waals surface area (Å²) in [5, 5.41) is 15.1. The molecule has 1 aliphatic rings. The van der Waals surface area contributed by atoms with Crippen molar-refractivity contribution in [1.29, 1.82) is 0 Å². The lowest BCUT2D eigenvalue weighted by Crippen LogP contribution is -2.34. The van der Waals surface area contributed by atoms with Crippen molar-refractivity contribution in [3.63, 3.8) is 0 Å². The Bertz CT molecular complexity index is 1240. The Balaban J connectivity index is 1.27. The standard InChI is InChI=1S/C28H26N2O5S/c31-26(29-19-13-15-22(16-14-19)35-21-8-2-1-3-9-21)18-36-23-10-6-7-20(17-23)30-27(32)24-11-4-5-12-25(24)28(33)34/h1-10,13-17,24-25H,11-12,18H2,(H,29,31)(H,30,32)(H,33,34). The van der Waals surface area contributed by atoms with E-state index >= 15 is 0 Å². The predicted octanol–water partition coefficient (Wildman–Crippen LogP) is 5.82. The highest BCUT2D eigenvalue weighted by atomic mass is 32.2. The first-order chi connectivity index (χ1) is 17.5. The van der Waals surface area contributed by atoms with Gasteiger partial charge in [-0.3, -0.25) is 14.4 Å². The van der Waals surface area contributed by atoms with Crippen molar-refractivity contribution in [3.05, 3.63) is 91.0 Å². The molecule has 0 heterocycles. The minimum absolute atomic E-state index is 0.163. The number of ether oxygens (including phenoxy) is 1. The van der Waals surface area contributed by atoms with Gasteiger partial charge in [0.25, 0.3) is 0 Å². The highest BCUT2D eigenvalue weighted by Gasteiger charge is 2.33. The lowest BCUT2D eigenvalue weighted by Gasteiger charge is -2.24. The molecule has 0 bridgehead atoms. The second-order valence-electron chi connectivity index (χ2n) is 8.29. The molecule has 3 aromatic rings. The quantitative estimate of drug-likeness (QED) is 0.252. The first-order valence-electron chi connectivity index (χ1n) is 11.5. The molecule has 0 fully saturated rings. The molecule has 36 heavy (non-hydrogen) atoms. The van der Waals surface area contributed by atoms with E-state index in [0.29, 0.717) is 30.0 Å². The van der Waals surface area contributed by atoms with Gasteiger partial charge in [0.05, 0.1) is 17.6 Å². The number of para-hydroxylation sites is 1. The van der Waals surface area contributed by atoms with E-state index in [-0.39, 0.29) is 17.6 Å². The number of anilines is 2. The second kappa shape index (κ2) is 12.1. The third-order valence-electron chi connectivity index (χ3n) is 5.67. The van der Waals surface area contributed by atoms with Crippen molar-refractivity contribution in [2.45, 2.75) is 17.7 Å². The molecule has 2 atom stereocenters. The van der Waals surface area contributed by atoms with Gasteiger partial charge in [-0.05, 0) is 67.4 Å². The molecule has 1 aliphatic carbocycles. The summed E-state index contributed by atoms with van der Waals surface area (Å²) in [6.45, 7) is 0. The number of thioether (sulfide) groups is 1. The van der Waals surface area contributed by atoms with Crippen LogP contribution in [0.25, 0.3) is 0 Å². The van der Waals surface area contributed by atoms with E-state index in [1.54, 1.807) is 48.5 Å². The van der Waals surface area contributed by atoms with Crippen LogP contribution < -0.4 is 15.4 Å². The summed E-state index contributed by atoms with van der Waals surface area (Å²) >= 11 is 1.34. The minimum Gasteiger partial charge on any atom is -0.481 e. The maximum absolute atomic E-state index is 12.7. The van der Waals surface area contributed by atoms with Crippen molar-refractivity contribution >= 4 is 40.9 Å². The fourth-order valence-corrected chi connectivity index (χ4v) is 4.61. The fourth-order valence-electron chi connectivity index (χ4n) is 3.85. The molecule has 3 aromatic carbocycles. The SMILES string of the molecule is O=C(CSc1cccc(NC(=O)C2CC=CCC2C(=O)O)c1)Nc1ccc(Oc2ccccc2)cc1. The van der Waals surface area contributed by atoms with Crippen molar-refractivity contribution in [2.24, 2.45) is 11.8 Å². The van der Waals surface area contributed by atoms with E-state index in [2.05, 4.69) is 10.6 Å². The first-order valence-corrected chi connectivity index (χ1v) is 12.5. The van der Waals surface area contributed by atoms with Gasteiger partial charge in [0.1, 0.15) is 11.5 Å². The number of carboxylic acid groups (broad SMARTS) is 1. The summed E-state index contributed by atoms with van der Waals surface area (Å²) in [5.41, 5.74) is 1.23. The molecular weight excluding hydrogens is 476 g/mol. The Labute approximate surface area is 213 Å². The number of carbonyl (C=O) groups is 3. The van der Waals surface area contributed by atoms with E-state index in [1.807, 2.05) is 42.5 Å². The number of amides is 2. The lowest BCUT2D eigenvalue weighted by molar-refractivity contribution is -0.146. The summed E-state index contributed by atoms with van der Waals surface area (Å²) in [6, 6.07) is 23.8. The lowest BCUT2D eigenvalue weighted by atomic mass is 9.82. The number of rotatable bonds is 9. The van der Waals surface area contributed by atoms with Gasteiger partial charge in [-0.1, -0.05) is 36.4 Å². The van der Waals surface area contributed by atoms with Crippen molar-refractivity contribution < 1.29 is 24.2 Å². The topological polar surface area (TPSA) is 105 Å². The van der Waals surface area contributed by atoms with E-state index in [4.69, 9.17) is 4.74 Å². The predicted molar refractivity (Wildman–Crippen MR) is 140 cm³/mol. The smallest absolute Gasteiger partial charge is 0.307 e. The summed E-state index contributed by atoms with van der Waals surface area (Å²) in [5.74, 6) is -1.18. The molecule has 2 unspecified atom stereocenters. The molecule has 0 saturated carbocycles. The van der Waals surface area contributed by atoms with Gasteiger partial charge in [0.2, 0.25) is 11.8 Å². The average Bonchev–Trinajstić information content (AvgIpc) is 2.89. The van der Waals surface area contributed by atoms with Crippen LogP contribution in [0.5, 0.6) is 11.5 Å². The van der Waals surface area contributed by atoms with Crippen LogP contribution in [-0.2, 0) is 14.4 Å². The van der Waals surface area contributed by atoms with Gasteiger partial charge >= 0.3 is 5.97 Å². The molecule has 0 spiro atoms. The van der Waals surface area contributed by atoms with Crippen molar-refractivity contribution in [2.75, 3.05) is 16.4 Å². The maximum Gasteiger partial charge on any atom is 0.307 e. The summed E-state index contributed by atoms with van der Waals surface area (Å²) in [6.07, 6.45) is 4.40. The molecule has 0 radical (unpaired) electrons. The molecule has 8 heteroatoms. The van der Waals surface area contributed by atoms with Gasteiger partial charge in [-0.15, -0.1) is 11.8 Å². The van der Waals surface area contributed by atoms with Crippen molar-refractivity contribution in [3.8, 4) is 11.5 Å². The van der Waals surface area contributed by atoms with Gasteiger partial charge in [-0.25, -0.2) is 0 Å². The zero-order valence-electron chi connectivity index (χ0n) is 19.4. The van der Waals surface area contributed by atoms with Crippen LogP contribution in [0.15, 0.2) is 95.9 Å². The Kier molecular flexibility index (Phi) is 8.41. The molecule has 3 N–H and O–H groups in total.